The molecule has 0 bridgehead atoms. The fraction of sp³-hybridized carbons (Fsp3) is 0.214. The van der Waals surface area contributed by atoms with Gasteiger partial charge in [-0.05, 0) is 42.0 Å². The van der Waals surface area contributed by atoms with Crippen LogP contribution in [-0.4, -0.2) is 49.2 Å². The van der Waals surface area contributed by atoms with E-state index in [0.717, 1.165) is 5.56 Å². The van der Waals surface area contributed by atoms with Gasteiger partial charge >= 0.3 is 6.01 Å². The van der Waals surface area contributed by atoms with Gasteiger partial charge in [0.15, 0.2) is 17.3 Å². The van der Waals surface area contributed by atoms with Crippen molar-refractivity contribution >= 4 is 23.2 Å². The lowest BCUT2D eigenvalue weighted by Gasteiger charge is -2.15. The molecule has 0 fully saturated rings. The van der Waals surface area contributed by atoms with E-state index in [4.69, 9.17) is 35.3 Å². The number of benzene rings is 2. The molecule has 0 spiro atoms. The van der Waals surface area contributed by atoms with Crippen molar-refractivity contribution in [1.29, 1.82) is 0 Å². The van der Waals surface area contributed by atoms with Crippen LogP contribution in [0.25, 0.3) is 0 Å². The lowest BCUT2D eigenvalue weighted by molar-refractivity contribution is 0.103. The number of ether oxygens (including phenoxy) is 5. The fourth-order valence-electron chi connectivity index (χ4n) is 3.73. The Morgan fingerprint density at radius 1 is 0.897 bits per heavy atom. The van der Waals surface area contributed by atoms with E-state index >= 15 is 0 Å². The Bertz CT molecular complexity index is 1430. The molecule has 10 nitrogen and oxygen atoms in total. The van der Waals surface area contributed by atoms with Crippen molar-refractivity contribution in [3.8, 4) is 29.0 Å². The molecule has 0 aliphatic heterocycles. The standard InChI is InChI=1S/C28H27ClN4O6/c1-35-22-9-8-17(11-21(22)29)14-31-27-20(15-32-28(33-27)39-16-19-7-5-6-10-30-19)25(34)18-12-23(36-2)26(38-4)24(13-18)37-3/h5-13,15H,14,16H2,1-4H3,(H,31,32,33). The third kappa shape index (κ3) is 6.47. The van der Waals surface area contributed by atoms with Crippen molar-refractivity contribution in [1.82, 2.24) is 15.0 Å². The smallest absolute Gasteiger partial charge is 0.318 e. The summed E-state index contributed by atoms with van der Waals surface area (Å²) in [4.78, 5) is 26.7. The van der Waals surface area contributed by atoms with Crippen LogP contribution in [0.5, 0.6) is 29.0 Å². The highest BCUT2D eigenvalue weighted by Crippen LogP contribution is 2.39. The van der Waals surface area contributed by atoms with Gasteiger partial charge in [0.2, 0.25) is 5.75 Å². The van der Waals surface area contributed by atoms with Crippen LogP contribution in [-0.2, 0) is 13.2 Å². The monoisotopic (exact) mass is 550 g/mol. The number of carbonyl (C=O) groups is 1. The van der Waals surface area contributed by atoms with E-state index in [-0.39, 0.29) is 29.8 Å². The Morgan fingerprint density at radius 3 is 2.26 bits per heavy atom. The van der Waals surface area contributed by atoms with E-state index in [9.17, 15) is 4.79 Å². The highest BCUT2D eigenvalue weighted by molar-refractivity contribution is 6.32. The first kappa shape index (κ1) is 27.5. The Morgan fingerprint density at radius 2 is 1.64 bits per heavy atom. The third-order valence-corrected chi connectivity index (χ3v) is 5.99. The highest BCUT2D eigenvalue weighted by Gasteiger charge is 2.22. The summed E-state index contributed by atoms with van der Waals surface area (Å²) in [7, 11) is 6.01. The van der Waals surface area contributed by atoms with Gasteiger partial charge in [-0.3, -0.25) is 9.78 Å². The van der Waals surface area contributed by atoms with Crippen LogP contribution in [0.1, 0.15) is 27.2 Å². The van der Waals surface area contributed by atoms with Gasteiger partial charge in [0.25, 0.3) is 0 Å². The Balaban J connectivity index is 1.67. The van der Waals surface area contributed by atoms with Crippen LogP contribution in [0, 0.1) is 0 Å². The summed E-state index contributed by atoms with van der Waals surface area (Å²) < 4.78 is 27.2. The SMILES string of the molecule is COc1ccc(CNc2nc(OCc3ccccn3)ncc2C(=O)c2cc(OC)c(OC)c(OC)c2)cc1Cl. The number of nitrogens with one attached hydrogen (secondary N) is 1. The van der Waals surface area contributed by atoms with E-state index in [1.165, 1.54) is 27.5 Å². The van der Waals surface area contributed by atoms with Crippen molar-refractivity contribution in [3.05, 3.63) is 88.3 Å². The molecule has 2 heterocycles. The van der Waals surface area contributed by atoms with Crippen molar-refractivity contribution in [2.24, 2.45) is 0 Å². The van der Waals surface area contributed by atoms with Gasteiger partial charge < -0.3 is 29.0 Å². The molecule has 0 aliphatic rings. The molecule has 11 heteroatoms. The second kappa shape index (κ2) is 12.8. The second-order valence-corrected chi connectivity index (χ2v) is 8.50. The summed E-state index contributed by atoms with van der Waals surface area (Å²) in [6, 6.07) is 14.1. The van der Waals surface area contributed by atoms with Crippen LogP contribution in [0.3, 0.4) is 0 Å². The van der Waals surface area contributed by atoms with E-state index in [0.29, 0.717) is 45.8 Å². The number of methoxy groups -OCH3 is 4. The first-order valence-electron chi connectivity index (χ1n) is 11.8. The topological polar surface area (TPSA) is 114 Å². The molecule has 0 atom stereocenters. The van der Waals surface area contributed by atoms with Crippen LogP contribution in [0.4, 0.5) is 5.82 Å². The number of hydrogen-bond acceptors (Lipinski definition) is 10. The van der Waals surface area contributed by atoms with Crippen LogP contribution in [0.15, 0.2) is 60.9 Å². The zero-order chi connectivity index (χ0) is 27.8. The summed E-state index contributed by atoms with van der Waals surface area (Å²) in [5, 5.41) is 3.67. The number of halogens is 1. The molecule has 202 valence electrons. The number of ketones is 1. The first-order chi connectivity index (χ1) is 19.0. The minimum absolute atomic E-state index is 0.0809. The Labute approximate surface area is 230 Å². The van der Waals surface area contributed by atoms with Gasteiger partial charge in [-0.15, -0.1) is 0 Å². The molecule has 0 saturated heterocycles. The number of aromatic nitrogens is 3. The number of rotatable bonds is 12. The summed E-state index contributed by atoms with van der Waals surface area (Å²) in [6.45, 7) is 0.477. The molecule has 2 aromatic heterocycles. The van der Waals surface area contributed by atoms with Gasteiger partial charge in [-0.25, -0.2) is 4.98 Å². The molecule has 0 radical (unpaired) electrons. The average Bonchev–Trinajstić information content (AvgIpc) is 2.98. The molecule has 0 amide bonds. The maximum atomic E-state index is 13.7. The second-order valence-electron chi connectivity index (χ2n) is 8.09. The maximum Gasteiger partial charge on any atom is 0.318 e. The van der Waals surface area contributed by atoms with Gasteiger partial charge in [0.05, 0.1) is 44.7 Å². The third-order valence-electron chi connectivity index (χ3n) is 5.69. The van der Waals surface area contributed by atoms with Gasteiger partial charge in [0.1, 0.15) is 18.2 Å². The molecule has 39 heavy (non-hydrogen) atoms. The van der Waals surface area contributed by atoms with Crippen LogP contribution < -0.4 is 29.0 Å². The summed E-state index contributed by atoms with van der Waals surface area (Å²) in [5.41, 5.74) is 2.07. The van der Waals surface area contributed by atoms with Crippen LogP contribution in [0.2, 0.25) is 5.02 Å². The van der Waals surface area contributed by atoms with Gasteiger partial charge in [-0.1, -0.05) is 23.7 Å². The molecule has 2 aromatic carbocycles. The van der Waals surface area contributed by atoms with Gasteiger partial charge in [-0.2, -0.15) is 4.98 Å². The molecule has 4 rings (SSSR count). The van der Waals surface area contributed by atoms with E-state index in [1.54, 1.807) is 37.6 Å². The average molecular weight is 551 g/mol. The molecule has 0 unspecified atom stereocenters. The van der Waals surface area contributed by atoms with Crippen LogP contribution >= 0.6 is 11.6 Å². The van der Waals surface area contributed by atoms with E-state index < -0.39 is 0 Å². The van der Waals surface area contributed by atoms with E-state index in [2.05, 4.69) is 20.3 Å². The summed E-state index contributed by atoms with van der Waals surface area (Å²) in [5.74, 6) is 1.54. The van der Waals surface area contributed by atoms with E-state index in [1.807, 2.05) is 24.3 Å². The summed E-state index contributed by atoms with van der Waals surface area (Å²) in [6.07, 6.45) is 3.08. The van der Waals surface area contributed by atoms with Crippen molar-refractivity contribution in [3.63, 3.8) is 0 Å². The van der Waals surface area contributed by atoms with Crippen molar-refractivity contribution in [2.75, 3.05) is 33.8 Å². The Kier molecular flexibility index (Phi) is 9.01. The largest absolute Gasteiger partial charge is 0.495 e. The first-order valence-corrected chi connectivity index (χ1v) is 12.2. The highest BCUT2D eigenvalue weighted by atomic mass is 35.5. The zero-order valence-corrected chi connectivity index (χ0v) is 22.6. The minimum atomic E-state index is -0.360. The molecule has 4 aromatic rings. The molecular weight excluding hydrogens is 524 g/mol. The predicted molar refractivity (Wildman–Crippen MR) is 145 cm³/mol. The van der Waals surface area contributed by atoms with Gasteiger partial charge in [0, 0.05) is 24.5 Å². The summed E-state index contributed by atoms with van der Waals surface area (Å²) >= 11 is 6.29. The number of pyridine rings is 1. The zero-order valence-electron chi connectivity index (χ0n) is 21.9. The maximum absolute atomic E-state index is 13.7. The number of anilines is 1. The fourth-order valence-corrected chi connectivity index (χ4v) is 4.01. The number of nitrogens with zero attached hydrogens (tertiary/aromatic N) is 3. The number of hydrogen-bond donors (Lipinski definition) is 1. The predicted octanol–water partition coefficient (Wildman–Crippen LogP) is 4.98. The van der Waals surface area contributed by atoms with Crippen molar-refractivity contribution in [2.45, 2.75) is 13.2 Å². The Hall–Kier alpha value is -4.57. The molecule has 0 aliphatic carbocycles. The lowest BCUT2D eigenvalue weighted by Crippen LogP contribution is -2.13. The quantitative estimate of drug-likeness (QED) is 0.242. The van der Waals surface area contributed by atoms with Crippen molar-refractivity contribution < 1.29 is 28.5 Å². The molecule has 1 N–H and O–H groups in total. The normalized spacial score (nSPS) is 10.5. The molecular formula is C28H27ClN4O6. The molecule has 0 saturated carbocycles. The lowest BCUT2D eigenvalue weighted by atomic mass is 10.0. The number of carbonyl (C=O) groups excluding carboxylic acids is 1. The minimum Gasteiger partial charge on any atom is -0.495 e.